The van der Waals surface area contributed by atoms with Gasteiger partial charge in [-0.15, -0.1) is 8.67 Å². The van der Waals surface area contributed by atoms with Crippen LogP contribution in [0.5, 0.6) is 0 Å². The summed E-state index contributed by atoms with van der Waals surface area (Å²) in [5.41, 5.74) is 0. The van der Waals surface area contributed by atoms with E-state index in [0.717, 1.165) is 0 Å². The van der Waals surface area contributed by atoms with E-state index in [9.17, 15) is 25.9 Å². The molecule has 0 spiro atoms. The maximum atomic E-state index is 9.37. The molecule has 0 aromatic rings. The van der Waals surface area contributed by atoms with E-state index in [1.165, 1.54) is 0 Å². The Morgan fingerprint density at radius 2 is 1.00 bits per heavy atom. The van der Waals surface area contributed by atoms with Crippen molar-refractivity contribution in [3.8, 4) is 0 Å². The van der Waals surface area contributed by atoms with Crippen LogP contribution in [-0.2, 0) is 29.5 Å². The molecular formula is BeO8S2. The van der Waals surface area contributed by atoms with Crippen LogP contribution in [0.25, 0.3) is 0 Å². The van der Waals surface area contributed by atoms with Crippen LogP contribution >= 0.6 is 0 Å². The van der Waals surface area contributed by atoms with Gasteiger partial charge in [-0.1, -0.05) is 0 Å². The molecule has 0 heterocycles. The predicted molar refractivity (Wildman–Crippen MR) is 27.3 cm³/mol. The topological polar surface area (TPSA) is 133 Å². The van der Waals surface area contributed by atoms with Gasteiger partial charge < -0.3 is 9.11 Å². The van der Waals surface area contributed by atoms with Crippen molar-refractivity contribution < 1.29 is 34.6 Å². The van der Waals surface area contributed by atoms with Gasteiger partial charge in [0.25, 0.3) is 0 Å². The zero-order valence-corrected chi connectivity index (χ0v) is 6.42. The van der Waals surface area contributed by atoms with Crippen LogP contribution in [0.15, 0.2) is 0 Å². The Bertz CT molecular complexity index is 248. The third-order valence-corrected chi connectivity index (χ3v) is 0.750. The number of hydrogen-bond donors (Lipinski definition) is 0. The van der Waals surface area contributed by atoms with Crippen molar-refractivity contribution in [1.82, 2.24) is 0 Å². The SMILES string of the molecule is O=S(=O)([O-])OOS(=O)(=O)[O-].[Be+2]. The summed E-state index contributed by atoms with van der Waals surface area (Å²) >= 11 is 0. The van der Waals surface area contributed by atoms with Crippen molar-refractivity contribution in [3.63, 3.8) is 0 Å². The average Bonchev–Trinajstić information content (AvgIpc) is 1.57. The van der Waals surface area contributed by atoms with Gasteiger partial charge in [0.2, 0.25) is 20.8 Å². The molecule has 0 amide bonds. The maximum Gasteiger partial charge on any atom is 2.00 e. The van der Waals surface area contributed by atoms with Crippen LogP contribution < -0.4 is 0 Å². The molecule has 0 aliphatic carbocycles. The molecule has 11 heavy (non-hydrogen) atoms. The Kier molecular flexibility index (Phi) is 4.99. The molecule has 0 aromatic heterocycles. The van der Waals surface area contributed by atoms with Gasteiger partial charge in [0.05, 0.1) is 0 Å². The first-order valence-corrected chi connectivity index (χ1v) is 4.17. The Hall–Kier alpha value is -0.0912. The molecule has 0 saturated carbocycles. The van der Waals surface area contributed by atoms with E-state index in [1.807, 2.05) is 0 Å². The average molecular weight is 201 g/mol. The number of hydrogen-bond acceptors (Lipinski definition) is 8. The molecule has 0 rings (SSSR count). The molecule has 0 aliphatic heterocycles. The molecule has 8 nitrogen and oxygen atoms in total. The van der Waals surface area contributed by atoms with Crippen LogP contribution in [0.2, 0.25) is 0 Å². The Labute approximate surface area is 66.2 Å². The largest absolute Gasteiger partial charge is 2.00 e. The maximum absolute atomic E-state index is 9.37. The second-order valence-corrected chi connectivity index (χ2v) is 2.86. The van der Waals surface area contributed by atoms with Crippen LogP contribution in [0.4, 0.5) is 0 Å². The van der Waals surface area contributed by atoms with Crippen LogP contribution in [0.3, 0.4) is 0 Å². The monoisotopic (exact) mass is 201 g/mol. The summed E-state index contributed by atoms with van der Waals surface area (Å²) in [6.07, 6.45) is 0. The van der Waals surface area contributed by atoms with Crippen molar-refractivity contribution in [3.05, 3.63) is 0 Å². The quantitative estimate of drug-likeness (QED) is 0.160. The van der Waals surface area contributed by atoms with Crippen molar-refractivity contribution in [2.24, 2.45) is 0 Å². The minimum atomic E-state index is -5.31. The second-order valence-electron chi connectivity index (χ2n) is 0.953. The zero-order valence-electron chi connectivity index (χ0n) is 4.79. The van der Waals surface area contributed by atoms with Crippen molar-refractivity contribution in [1.29, 1.82) is 0 Å². The summed E-state index contributed by atoms with van der Waals surface area (Å²) in [6, 6.07) is 0. The molecular weight excluding hydrogens is 201 g/mol. The molecule has 0 aliphatic rings. The molecule has 62 valence electrons. The molecule has 0 saturated heterocycles. The van der Waals surface area contributed by atoms with Crippen LogP contribution in [0.1, 0.15) is 0 Å². The van der Waals surface area contributed by atoms with Gasteiger partial charge in [0, 0.05) is 0 Å². The molecule has 0 unspecified atom stereocenters. The third kappa shape index (κ3) is 13.0. The van der Waals surface area contributed by atoms with Gasteiger partial charge in [-0.3, -0.25) is 0 Å². The zero-order chi connectivity index (χ0) is 8.41. The fourth-order valence-corrected chi connectivity index (χ4v) is 0.612. The summed E-state index contributed by atoms with van der Waals surface area (Å²) in [6.45, 7) is 0. The Balaban J connectivity index is 0. The Morgan fingerprint density at radius 3 is 1.09 bits per heavy atom. The fourth-order valence-electron chi connectivity index (χ4n) is 0.0680. The van der Waals surface area contributed by atoms with Crippen LogP contribution in [-0.4, -0.2) is 36.1 Å². The van der Waals surface area contributed by atoms with Crippen molar-refractivity contribution >= 4 is 30.9 Å². The molecule has 0 N–H and O–H groups in total. The van der Waals surface area contributed by atoms with Gasteiger partial charge in [-0.2, -0.15) is 0 Å². The summed E-state index contributed by atoms with van der Waals surface area (Å²) in [5.74, 6) is 0. The predicted octanol–water partition coefficient (Wildman–Crippen LogP) is -2.53. The summed E-state index contributed by atoms with van der Waals surface area (Å²) in [7, 11) is -10.6. The standard InChI is InChI=1S/Be.H2O8S2/c;1-9(2,3)7-8-10(4,5)6/h;(H,1,2,3)(H,4,5,6)/q+2;/p-2. The van der Waals surface area contributed by atoms with E-state index in [-0.39, 0.29) is 10.1 Å². The van der Waals surface area contributed by atoms with E-state index < -0.39 is 20.8 Å². The van der Waals surface area contributed by atoms with Crippen molar-refractivity contribution in [2.45, 2.75) is 0 Å². The molecule has 0 atom stereocenters. The Morgan fingerprint density at radius 1 is 0.818 bits per heavy atom. The van der Waals surface area contributed by atoms with E-state index in [2.05, 4.69) is 8.67 Å². The molecule has 0 aromatic carbocycles. The first kappa shape index (κ1) is 13.5. The summed E-state index contributed by atoms with van der Waals surface area (Å²) in [5, 5.41) is 0. The first-order chi connectivity index (χ1) is 4.21. The minimum absolute atomic E-state index is 0. The second kappa shape index (κ2) is 4.07. The normalized spacial score (nSPS) is 12.2. The first-order valence-electron chi connectivity index (χ1n) is 1.50. The summed E-state index contributed by atoms with van der Waals surface area (Å²) in [4.78, 5) is 0. The fraction of sp³-hybridized carbons (Fsp3) is 0. The third-order valence-electron chi connectivity index (χ3n) is 0.194. The van der Waals surface area contributed by atoms with Gasteiger partial charge in [0.1, 0.15) is 0 Å². The van der Waals surface area contributed by atoms with E-state index >= 15 is 0 Å². The van der Waals surface area contributed by atoms with Gasteiger partial charge in [-0.05, 0) is 0 Å². The smallest absolute Gasteiger partial charge is 0.724 e. The van der Waals surface area contributed by atoms with Gasteiger partial charge in [0.15, 0.2) is 0 Å². The van der Waals surface area contributed by atoms with Crippen molar-refractivity contribution in [2.75, 3.05) is 0 Å². The summed E-state index contributed by atoms with van der Waals surface area (Å²) < 4.78 is 61.5. The van der Waals surface area contributed by atoms with E-state index in [1.54, 1.807) is 0 Å². The number of rotatable bonds is 3. The molecule has 0 bridgehead atoms. The van der Waals surface area contributed by atoms with E-state index in [4.69, 9.17) is 0 Å². The van der Waals surface area contributed by atoms with Gasteiger partial charge >= 0.3 is 10.1 Å². The molecule has 0 fully saturated rings. The van der Waals surface area contributed by atoms with Crippen LogP contribution in [0, 0.1) is 0 Å². The molecule has 11 heteroatoms. The van der Waals surface area contributed by atoms with E-state index in [0.29, 0.717) is 0 Å². The van der Waals surface area contributed by atoms with Gasteiger partial charge in [-0.25, -0.2) is 16.8 Å². The molecule has 0 radical (unpaired) electrons. The minimum Gasteiger partial charge on any atom is -0.724 e.